The number of nitrogens with zero attached hydrogens (tertiary/aromatic N) is 3. The van der Waals surface area contributed by atoms with Gasteiger partial charge in [0, 0.05) is 28.9 Å². The maximum atomic E-state index is 13.0. The summed E-state index contributed by atoms with van der Waals surface area (Å²) in [5.41, 5.74) is 6.04. The molecule has 154 valence electrons. The standard InChI is InChI=1S/C24H20N4O3/c1-30-22-9-5-6-17(23(22)31-2)15-26-28-24(29)19-14-21(16-10-12-25-13-11-16)27-20-8-4-3-7-18(19)20/h3-15H,1-2H3,(H,28,29)/b26-15+. The van der Waals surface area contributed by atoms with Gasteiger partial charge in [0.1, 0.15) is 0 Å². The van der Waals surface area contributed by atoms with Crippen molar-refractivity contribution in [3.63, 3.8) is 0 Å². The van der Waals surface area contributed by atoms with Crippen LogP contribution in [0.2, 0.25) is 0 Å². The minimum absolute atomic E-state index is 0.341. The zero-order valence-corrected chi connectivity index (χ0v) is 17.1. The zero-order chi connectivity index (χ0) is 21.6. The number of ether oxygens (including phenoxy) is 2. The summed E-state index contributed by atoms with van der Waals surface area (Å²) < 4.78 is 10.7. The Balaban J connectivity index is 1.66. The first-order valence-electron chi connectivity index (χ1n) is 9.56. The Kier molecular flexibility index (Phi) is 5.84. The van der Waals surface area contributed by atoms with Gasteiger partial charge >= 0.3 is 0 Å². The Hall–Kier alpha value is -4.26. The molecule has 7 heteroatoms. The lowest BCUT2D eigenvalue weighted by molar-refractivity contribution is 0.0956. The number of hydrogen-bond acceptors (Lipinski definition) is 6. The highest BCUT2D eigenvalue weighted by Gasteiger charge is 2.14. The van der Waals surface area contributed by atoms with Crippen LogP contribution in [0.4, 0.5) is 0 Å². The molecule has 1 amide bonds. The van der Waals surface area contributed by atoms with Gasteiger partial charge in [-0.25, -0.2) is 10.4 Å². The number of benzene rings is 2. The smallest absolute Gasteiger partial charge is 0.272 e. The summed E-state index contributed by atoms with van der Waals surface area (Å²) in [6.07, 6.45) is 4.90. The van der Waals surface area contributed by atoms with E-state index in [9.17, 15) is 4.79 Å². The Labute approximate surface area is 179 Å². The molecule has 0 saturated heterocycles. The molecule has 0 saturated carbocycles. The van der Waals surface area contributed by atoms with E-state index in [1.807, 2.05) is 48.5 Å². The molecule has 0 fully saturated rings. The van der Waals surface area contributed by atoms with E-state index < -0.39 is 0 Å². The number of fused-ring (bicyclic) bond motifs is 1. The molecule has 0 radical (unpaired) electrons. The normalized spacial score (nSPS) is 10.9. The summed E-state index contributed by atoms with van der Waals surface area (Å²) in [5.74, 6) is 0.782. The monoisotopic (exact) mass is 412 g/mol. The predicted octanol–water partition coefficient (Wildman–Crippen LogP) is 4.08. The summed E-state index contributed by atoms with van der Waals surface area (Å²) in [7, 11) is 3.12. The van der Waals surface area contributed by atoms with Gasteiger partial charge in [-0.3, -0.25) is 9.78 Å². The first-order chi connectivity index (χ1) is 15.2. The molecule has 2 aromatic carbocycles. The van der Waals surface area contributed by atoms with Crippen molar-refractivity contribution in [2.75, 3.05) is 14.2 Å². The highest BCUT2D eigenvalue weighted by molar-refractivity contribution is 6.07. The van der Waals surface area contributed by atoms with E-state index in [0.717, 1.165) is 16.5 Å². The number of carbonyl (C=O) groups is 1. The molecule has 2 heterocycles. The van der Waals surface area contributed by atoms with Gasteiger partial charge in [-0.1, -0.05) is 24.3 Å². The fourth-order valence-electron chi connectivity index (χ4n) is 3.27. The topological polar surface area (TPSA) is 85.7 Å². The average molecular weight is 412 g/mol. The van der Waals surface area contributed by atoms with Crippen LogP contribution in [-0.4, -0.2) is 36.3 Å². The summed E-state index contributed by atoms with van der Waals surface area (Å²) in [6, 6.07) is 18.4. The number of para-hydroxylation sites is 2. The van der Waals surface area contributed by atoms with E-state index in [0.29, 0.717) is 28.3 Å². The van der Waals surface area contributed by atoms with E-state index in [1.165, 1.54) is 6.21 Å². The fourth-order valence-corrected chi connectivity index (χ4v) is 3.27. The van der Waals surface area contributed by atoms with Crippen LogP contribution in [0.15, 0.2) is 78.2 Å². The van der Waals surface area contributed by atoms with Crippen molar-refractivity contribution in [2.24, 2.45) is 5.10 Å². The summed E-state index contributed by atoms with van der Waals surface area (Å²) in [6.45, 7) is 0. The van der Waals surface area contributed by atoms with Crippen LogP contribution in [-0.2, 0) is 0 Å². The van der Waals surface area contributed by atoms with Gasteiger partial charge in [0.15, 0.2) is 11.5 Å². The van der Waals surface area contributed by atoms with Crippen LogP contribution in [0.3, 0.4) is 0 Å². The molecule has 7 nitrogen and oxygen atoms in total. The van der Waals surface area contributed by atoms with Crippen molar-refractivity contribution < 1.29 is 14.3 Å². The molecular formula is C24H20N4O3. The maximum absolute atomic E-state index is 13.0. The van der Waals surface area contributed by atoms with Crippen molar-refractivity contribution in [3.8, 4) is 22.8 Å². The van der Waals surface area contributed by atoms with Crippen LogP contribution >= 0.6 is 0 Å². The first-order valence-corrected chi connectivity index (χ1v) is 9.56. The number of hydrazone groups is 1. The van der Waals surface area contributed by atoms with Gasteiger partial charge in [0.2, 0.25) is 0 Å². The van der Waals surface area contributed by atoms with Crippen LogP contribution in [0.1, 0.15) is 15.9 Å². The molecular weight excluding hydrogens is 392 g/mol. The second-order valence-corrected chi connectivity index (χ2v) is 6.59. The summed E-state index contributed by atoms with van der Waals surface area (Å²) in [4.78, 5) is 21.7. The van der Waals surface area contributed by atoms with E-state index in [2.05, 4.69) is 20.5 Å². The largest absolute Gasteiger partial charge is 0.493 e. The van der Waals surface area contributed by atoms with Crippen LogP contribution in [0.25, 0.3) is 22.2 Å². The molecule has 0 atom stereocenters. The van der Waals surface area contributed by atoms with Crippen molar-refractivity contribution in [2.45, 2.75) is 0 Å². The quantitative estimate of drug-likeness (QED) is 0.381. The van der Waals surface area contributed by atoms with Gasteiger partial charge in [-0.15, -0.1) is 0 Å². The second-order valence-electron chi connectivity index (χ2n) is 6.59. The van der Waals surface area contributed by atoms with E-state index in [-0.39, 0.29) is 5.91 Å². The molecule has 2 aromatic heterocycles. The molecule has 0 bridgehead atoms. The molecule has 4 aromatic rings. The summed E-state index contributed by atoms with van der Waals surface area (Å²) >= 11 is 0. The Morgan fingerprint density at radius 2 is 1.81 bits per heavy atom. The number of rotatable bonds is 6. The molecule has 4 rings (SSSR count). The van der Waals surface area contributed by atoms with Gasteiger partial charge in [0.05, 0.1) is 37.2 Å². The third-order valence-electron chi connectivity index (χ3n) is 4.74. The lowest BCUT2D eigenvalue weighted by atomic mass is 10.0. The highest BCUT2D eigenvalue weighted by Crippen LogP contribution is 2.29. The second kappa shape index (κ2) is 9.04. The van der Waals surface area contributed by atoms with Crippen molar-refractivity contribution in [3.05, 3.63) is 84.2 Å². The Morgan fingerprint density at radius 1 is 1.00 bits per heavy atom. The van der Waals surface area contributed by atoms with Gasteiger partial charge in [-0.05, 0) is 36.4 Å². The average Bonchev–Trinajstić information content (AvgIpc) is 2.83. The minimum atomic E-state index is -0.341. The van der Waals surface area contributed by atoms with Crippen LogP contribution in [0, 0.1) is 0 Å². The molecule has 0 aliphatic carbocycles. The van der Waals surface area contributed by atoms with Crippen molar-refractivity contribution >= 4 is 23.0 Å². The molecule has 31 heavy (non-hydrogen) atoms. The number of carbonyl (C=O) groups excluding carboxylic acids is 1. The minimum Gasteiger partial charge on any atom is -0.493 e. The molecule has 0 spiro atoms. The predicted molar refractivity (Wildman–Crippen MR) is 120 cm³/mol. The fraction of sp³-hybridized carbons (Fsp3) is 0.0833. The molecule has 0 aliphatic heterocycles. The number of pyridine rings is 2. The van der Waals surface area contributed by atoms with Crippen molar-refractivity contribution in [1.29, 1.82) is 0 Å². The zero-order valence-electron chi connectivity index (χ0n) is 17.1. The molecule has 0 aliphatic rings. The molecule has 1 N–H and O–H groups in total. The lowest BCUT2D eigenvalue weighted by Gasteiger charge is -2.10. The number of nitrogens with one attached hydrogen (secondary N) is 1. The number of methoxy groups -OCH3 is 2. The van der Waals surface area contributed by atoms with Gasteiger partial charge in [-0.2, -0.15) is 5.10 Å². The lowest BCUT2D eigenvalue weighted by Crippen LogP contribution is -2.18. The third-order valence-corrected chi connectivity index (χ3v) is 4.74. The first kappa shape index (κ1) is 20.0. The number of aromatic nitrogens is 2. The number of amides is 1. The van der Waals surface area contributed by atoms with E-state index in [1.54, 1.807) is 38.7 Å². The van der Waals surface area contributed by atoms with E-state index in [4.69, 9.17) is 9.47 Å². The van der Waals surface area contributed by atoms with E-state index >= 15 is 0 Å². The SMILES string of the molecule is COc1cccc(/C=N/NC(=O)c2cc(-c3ccncc3)nc3ccccc23)c1OC. The highest BCUT2D eigenvalue weighted by atomic mass is 16.5. The van der Waals surface area contributed by atoms with Crippen LogP contribution < -0.4 is 14.9 Å². The summed E-state index contributed by atoms with van der Waals surface area (Å²) in [5, 5.41) is 4.86. The Bertz CT molecular complexity index is 1260. The van der Waals surface area contributed by atoms with Gasteiger partial charge < -0.3 is 9.47 Å². The van der Waals surface area contributed by atoms with Crippen LogP contribution in [0.5, 0.6) is 11.5 Å². The maximum Gasteiger partial charge on any atom is 0.272 e. The number of hydrogen-bond donors (Lipinski definition) is 1. The van der Waals surface area contributed by atoms with Crippen molar-refractivity contribution in [1.82, 2.24) is 15.4 Å². The third kappa shape index (κ3) is 4.20. The Morgan fingerprint density at radius 3 is 2.58 bits per heavy atom. The van der Waals surface area contributed by atoms with Gasteiger partial charge in [0.25, 0.3) is 5.91 Å². The molecule has 0 unspecified atom stereocenters.